The molecule has 2 amide bonds. The van der Waals surface area contributed by atoms with Crippen LogP contribution in [0.4, 0.5) is 18.9 Å². The Morgan fingerprint density at radius 1 is 1.12 bits per heavy atom. The Kier molecular flexibility index (Phi) is 6.47. The third kappa shape index (κ3) is 5.21. The van der Waals surface area contributed by atoms with E-state index in [2.05, 4.69) is 10.2 Å². The van der Waals surface area contributed by atoms with Crippen molar-refractivity contribution < 1.29 is 22.8 Å². The van der Waals surface area contributed by atoms with Crippen molar-refractivity contribution in [3.8, 4) is 0 Å². The van der Waals surface area contributed by atoms with Gasteiger partial charge < -0.3 is 10.2 Å². The van der Waals surface area contributed by atoms with Gasteiger partial charge in [0.2, 0.25) is 11.8 Å². The third-order valence-electron chi connectivity index (χ3n) is 6.59. The van der Waals surface area contributed by atoms with Gasteiger partial charge in [-0.05, 0) is 49.2 Å². The van der Waals surface area contributed by atoms with Crippen LogP contribution < -0.4 is 5.32 Å². The summed E-state index contributed by atoms with van der Waals surface area (Å²) >= 11 is 0. The number of piperazine rings is 1. The van der Waals surface area contributed by atoms with Crippen molar-refractivity contribution >= 4 is 17.5 Å². The lowest BCUT2D eigenvalue weighted by atomic mass is 9.80. The van der Waals surface area contributed by atoms with Crippen molar-refractivity contribution in [3.05, 3.63) is 65.0 Å². The Labute approximate surface area is 191 Å². The van der Waals surface area contributed by atoms with E-state index < -0.39 is 17.7 Å². The lowest BCUT2D eigenvalue weighted by Gasteiger charge is -2.44. The number of nitrogens with zero attached hydrogens (tertiary/aromatic N) is 2. The van der Waals surface area contributed by atoms with E-state index >= 15 is 0 Å². The zero-order valence-corrected chi connectivity index (χ0v) is 18.8. The Morgan fingerprint density at radius 2 is 1.82 bits per heavy atom. The van der Waals surface area contributed by atoms with E-state index in [-0.39, 0.29) is 30.7 Å². The molecule has 1 atom stereocenters. The monoisotopic (exact) mass is 459 g/mol. The highest BCUT2D eigenvalue weighted by Gasteiger charge is 2.50. The Morgan fingerprint density at radius 3 is 2.45 bits per heavy atom. The van der Waals surface area contributed by atoms with Gasteiger partial charge in [0.1, 0.15) is 5.82 Å². The highest BCUT2D eigenvalue weighted by Crippen LogP contribution is 2.43. The second-order valence-electron chi connectivity index (χ2n) is 9.13. The zero-order chi connectivity index (χ0) is 23.8. The van der Waals surface area contributed by atoms with Crippen molar-refractivity contribution in [1.82, 2.24) is 9.80 Å². The van der Waals surface area contributed by atoms with Crippen LogP contribution in [0.1, 0.15) is 41.3 Å². The molecule has 2 aliphatic rings. The molecule has 0 radical (unpaired) electrons. The van der Waals surface area contributed by atoms with Crippen LogP contribution >= 0.6 is 0 Å². The predicted octanol–water partition coefficient (Wildman–Crippen LogP) is 4.46. The van der Waals surface area contributed by atoms with Crippen LogP contribution in [0.2, 0.25) is 0 Å². The van der Waals surface area contributed by atoms with Crippen LogP contribution in [-0.4, -0.2) is 53.2 Å². The molecule has 1 heterocycles. The lowest BCUT2D eigenvalue weighted by molar-refractivity contribution is -0.163. The molecule has 0 bridgehead atoms. The number of benzene rings is 2. The van der Waals surface area contributed by atoms with Gasteiger partial charge in [0.25, 0.3) is 5.91 Å². The molecule has 0 spiro atoms. The molecule has 1 aliphatic carbocycles. The number of hydrogen-bond acceptors (Lipinski definition) is 3. The van der Waals surface area contributed by atoms with Crippen LogP contribution in [0.3, 0.4) is 0 Å². The number of amides is 2. The molecule has 33 heavy (non-hydrogen) atoms. The number of nitrogens with one attached hydrogen (secondary N) is 1. The van der Waals surface area contributed by atoms with Crippen LogP contribution in [0.15, 0.2) is 42.5 Å². The predicted molar refractivity (Wildman–Crippen MR) is 120 cm³/mol. The zero-order valence-electron chi connectivity index (χ0n) is 18.8. The number of carbonyl (C=O) groups is 2. The molecule has 2 fully saturated rings. The minimum Gasteiger partial charge on any atom is -0.337 e. The van der Waals surface area contributed by atoms with Gasteiger partial charge in [-0.15, -0.1) is 0 Å². The summed E-state index contributed by atoms with van der Waals surface area (Å²) in [6.45, 7) is 5.80. The number of rotatable bonds is 5. The van der Waals surface area contributed by atoms with E-state index in [9.17, 15) is 22.8 Å². The van der Waals surface area contributed by atoms with Crippen molar-refractivity contribution in [2.24, 2.45) is 5.92 Å². The highest BCUT2D eigenvalue weighted by molar-refractivity contribution is 6.04. The first-order valence-electron chi connectivity index (χ1n) is 11.2. The summed E-state index contributed by atoms with van der Waals surface area (Å²) in [4.78, 5) is 28.9. The van der Waals surface area contributed by atoms with Gasteiger partial charge in [-0.2, -0.15) is 0 Å². The molecule has 176 valence electrons. The first-order valence-corrected chi connectivity index (χ1v) is 11.2. The molecule has 1 N–H and O–H groups in total. The van der Waals surface area contributed by atoms with Crippen molar-refractivity contribution in [2.75, 3.05) is 25.0 Å². The van der Waals surface area contributed by atoms with Crippen molar-refractivity contribution in [3.63, 3.8) is 0 Å². The van der Waals surface area contributed by atoms with E-state index in [4.69, 9.17) is 0 Å². The maximum Gasteiger partial charge on any atom is 0.255 e. The normalized spacial score (nSPS) is 20.9. The maximum atomic E-state index is 14.4. The van der Waals surface area contributed by atoms with Crippen LogP contribution in [-0.2, 0) is 11.3 Å². The van der Waals surface area contributed by atoms with Gasteiger partial charge in [0.05, 0.1) is 0 Å². The molecular formula is C25H28F3N3O2. The SMILES string of the molecule is Cc1c(CN2CCN(C(=O)C3CC(F)(F)C3)C(C)C2)cc(F)cc1NC(=O)c1ccccc1. The van der Waals surface area contributed by atoms with Crippen LogP contribution in [0, 0.1) is 18.7 Å². The highest BCUT2D eigenvalue weighted by atomic mass is 19.3. The van der Waals surface area contributed by atoms with Gasteiger partial charge in [-0.25, -0.2) is 13.2 Å². The second-order valence-corrected chi connectivity index (χ2v) is 9.13. The summed E-state index contributed by atoms with van der Waals surface area (Å²) in [7, 11) is 0. The molecule has 1 saturated carbocycles. The van der Waals surface area contributed by atoms with Crippen molar-refractivity contribution in [2.45, 2.75) is 45.2 Å². The Hall–Kier alpha value is -2.87. The van der Waals surface area contributed by atoms with E-state index in [1.807, 2.05) is 19.9 Å². The molecule has 2 aromatic rings. The van der Waals surface area contributed by atoms with Gasteiger partial charge in [-0.1, -0.05) is 18.2 Å². The van der Waals surface area contributed by atoms with Crippen LogP contribution in [0.5, 0.6) is 0 Å². The number of halogens is 3. The smallest absolute Gasteiger partial charge is 0.255 e. The summed E-state index contributed by atoms with van der Waals surface area (Å²) in [5.41, 5.74) is 2.45. The number of hydrogen-bond donors (Lipinski definition) is 1. The fourth-order valence-corrected chi connectivity index (χ4v) is 4.63. The van der Waals surface area contributed by atoms with Crippen LogP contribution in [0.25, 0.3) is 0 Å². The van der Waals surface area contributed by atoms with E-state index in [1.165, 1.54) is 12.1 Å². The minimum absolute atomic E-state index is 0.119. The first-order chi connectivity index (χ1) is 15.6. The molecular weight excluding hydrogens is 431 g/mol. The van der Waals surface area contributed by atoms with Gasteiger partial charge in [0, 0.05) is 62.2 Å². The van der Waals surface area contributed by atoms with E-state index in [0.717, 1.165) is 11.1 Å². The van der Waals surface area contributed by atoms with Gasteiger partial charge in [-0.3, -0.25) is 14.5 Å². The topological polar surface area (TPSA) is 52.6 Å². The number of anilines is 1. The molecule has 1 saturated heterocycles. The second kappa shape index (κ2) is 9.17. The number of carbonyl (C=O) groups excluding carboxylic acids is 2. The summed E-state index contributed by atoms with van der Waals surface area (Å²) in [5, 5.41) is 2.80. The first kappa shape index (κ1) is 23.3. The van der Waals surface area contributed by atoms with Crippen molar-refractivity contribution in [1.29, 1.82) is 0 Å². The minimum atomic E-state index is -2.71. The quantitative estimate of drug-likeness (QED) is 0.718. The molecule has 0 aromatic heterocycles. The molecule has 8 heteroatoms. The molecule has 2 aromatic carbocycles. The average molecular weight is 460 g/mol. The molecule has 1 aliphatic heterocycles. The molecule has 1 unspecified atom stereocenters. The standard InChI is InChI=1S/C25H28F3N3O2/c1-16-14-30(8-9-31(16)24(33)20-12-25(27,28)13-20)15-19-10-21(26)11-22(17(19)2)29-23(32)18-6-4-3-5-7-18/h3-7,10-11,16,20H,8-9,12-15H2,1-2H3,(H,29,32). The largest absolute Gasteiger partial charge is 0.337 e. The Balaban J connectivity index is 1.40. The summed E-state index contributed by atoms with van der Waals surface area (Å²) in [6, 6.07) is 11.4. The Bertz CT molecular complexity index is 1040. The third-order valence-corrected chi connectivity index (χ3v) is 6.59. The average Bonchev–Trinajstić information content (AvgIpc) is 2.75. The fourth-order valence-electron chi connectivity index (χ4n) is 4.63. The van der Waals surface area contributed by atoms with E-state index in [0.29, 0.717) is 37.4 Å². The summed E-state index contributed by atoms with van der Waals surface area (Å²) < 4.78 is 40.7. The molecule has 4 rings (SSSR count). The maximum absolute atomic E-state index is 14.4. The van der Waals surface area contributed by atoms with E-state index in [1.54, 1.807) is 29.2 Å². The fraction of sp³-hybridized carbons (Fsp3) is 0.440. The van der Waals surface area contributed by atoms with Gasteiger partial charge >= 0.3 is 0 Å². The summed E-state index contributed by atoms with van der Waals surface area (Å²) in [5.74, 6) is -4.24. The summed E-state index contributed by atoms with van der Waals surface area (Å²) in [6.07, 6.45) is -0.725. The number of alkyl halides is 2. The molecule has 5 nitrogen and oxygen atoms in total. The van der Waals surface area contributed by atoms with Gasteiger partial charge in [0.15, 0.2) is 0 Å². The lowest BCUT2D eigenvalue weighted by Crippen LogP contribution is -2.57.